The molecule has 0 aliphatic rings. The molecule has 2 aromatic rings. The van der Waals surface area contributed by atoms with Gasteiger partial charge in [0.25, 0.3) is 0 Å². The highest BCUT2D eigenvalue weighted by Gasteiger charge is 1.91. The summed E-state index contributed by atoms with van der Waals surface area (Å²) in [6.45, 7) is 0. The summed E-state index contributed by atoms with van der Waals surface area (Å²) in [7, 11) is 0. The maximum absolute atomic E-state index is 3.89. The number of benzene rings is 1. The molecule has 0 unspecified atom stereocenters. The van der Waals surface area contributed by atoms with E-state index in [2.05, 4.69) is 84.6 Å². The van der Waals surface area contributed by atoms with Crippen LogP contribution in [0.15, 0.2) is 59.0 Å². The summed E-state index contributed by atoms with van der Waals surface area (Å²) >= 11 is 16.6. The molecule has 0 saturated heterocycles. The van der Waals surface area contributed by atoms with Crippen LogP contribution in [0.5, 0.6) is 0 Å². The van der Waals surface area contributed by atoms with Gasteiger partial charge in [-0.2, -0.15) is 0 Å². The van der Waals surface area contributed by atoms with Crippen LogP contribution in [0.3, 0.4) is 0 Å². The van der Waals surface area contributed by atoms with Gasteiger partial charge in [-0.3, -0.25) is 4.98 Å². The number of aromatic nitrogens is 1. The standard InChI is InChI=1S/C6H3Br3.C5H3Br2N/c7-4-1-5(8)3-6(9)2-4;6-4-1-5(7)3-8-2-4/h1-3H;1-3H. The number of nitrogens with zero attached hydrogens (tertiary/aromatic N) is 1. The van der Waals surface area contributed by atoms with Crippen LogP contribution in [0.2, 0.25) is 0 Å². The van der Waals surface area contributed by atoms with Crippen LogP contribution in [0.25, 0.3) is 0 Å². The molecular weight excluding hydrogens is 546 g/mol. The first-order valence-corrected chi connectivity index (χ1v) is 8.31. The van der Waals surface area contributed by atoms with Crippen molar-refractivity contribution in [1.29, 1.82) is 0 Å². The second kappa shape index (κ2) is 8.04. The van der Waals surface area contributed by atoms with E-state index in [4.69, 9.17) is 0 Å². The number of hydrogen-bond acceptors (Lipinski definition) is 1. The molecule has 0 fully saturated rings. The molecule has 0 radical (unpaired) electrons. The van der Waals surface area contributed by atoms with Gasteiger partial charge in [-0.1, -0.05) is 47.8 Å². The summed E-state index contributed by atoms with van der Waals surface area (Å²) in [5, 5.41) is 0. The van der Waals surface area contributed by atoms with Crippen molar-refractivity contribution in [3.8, 4) is 0 Å². The Balaban J connectivity index is 0.000000171. The molecule has 1 heterocycles. The van der Waals surface area contributed by atoms with Crippen molar-refractivity contribution in [2.45, 2.75) is 0 Å². The SMILES string of the molecule is Brc1cc(Br)cc(Br)c1.Brc1cncc(Br)c1. The Labute approximate surface area is 142 Å². The third kappa shape index (κ3) is 7.06. The molecule has 0 aliphatic carbocycles. The predicted octanol–water partition coefficient (Wildman–Crippen LogP) is 6.58. The van der Waals surface area contributed by atoms with Gasteiger partial charge >= 0.3 is 0 Å². The zero-order valence-electron chi connectivity index (χ0n) is 8.30. The number of halogens is 5. The van der Waals surface area contributed by atoms with Gasteiger partial charge in [0.2, 0.25) is 0 Å². The molecule has 0 N–H and O–H groups in total. The van der Waals surface area contributed by atoms with Crippen LogP contribution in [0, 0.1) is 0 Å². The summed E-state index contributed by atoms with van der Waals surface area (Å²) in [5.74, 6) is 0. The molecule has 6 heteroatoms. The molecule has 0 saturated carbocycles. The highest BCUT2D eigenvalue weighted by molar-refractivity contribution is 9.11. The topological polar surface area (TPSA) is 12.9 Å². The van der Waals surface area contributed by atoms with Crippen LogP contribution in [-0.2, 0) is 0 Å². The molecular formula is C11H6Br5N. The molecule has 0 amide bonds. The first-order valence-electron chi connectivity index (χ1n) is 4.35. The van der Waals surface area contributed by atoms with E-state index in [9.17, 15) is 0 Å². The highest BCUT2D eigenvalue weighted by atomic mass is 79.9. The smallest absolute Gasteiger partial charge is 0.0411 e. The van der Waals surface area contributed by atoms with Crippen molar-refractivity contribution in [3.63, 3.8) is 0 Å². The Bertz CT molecular complexity index is 433. The predicted molar refractivity (Wildman–Crippen MR) is 89.2 cm³/mol. The minimum Gasteiger partial charge on any atom is -0.262 e. The first-order chi connectivity index (χ1) is 7.97. The molecule has 1 aromatic heterocycles. The molecule has 0 atom stereocenters. The Morgan fingerprint density at radius 3 is 1.06 bits per heavy atom. The van der Waals surface area contributed by atoms with Crippen LogP contribution in [0.1, 0.15) is 0 Å². The largest absolute Gasteiger partial charge is 0.262 e. The van der Waals surface area contributed by atoms with Gasteiger partial charge in [0, 0.05) is 34.8 Å². The van der Waals surface area contributed by atoms with Crippen molar-refractivity contribution >= 4 is 79.6 Å². The maximum Gasteiger partial charge on any atom is 0.0411 e. The molecule has 90 valence electrons. The van der Waals surface area contributed by atoms with Gasteiger partial charge in [-0.15, -0.1) is 0 Å². The Morgan fingerprint density at radius 2 is 0.824 bits per heavy atom. The molecule has 1 aromatic carbocycles. The van der Waals surface area contributed by atoms with Gasteiger partial charge in [-0.05, 0) is 56.1 Å². The maximum atomic E-state index is 3.89. The Hall–Kier alpha value is 0.770. The van der Waals surface area contributed by atoms with Gasteiger partial charge in [0.1, 0.15) is 0 Å². The van der Waals surface area contributed by atoms with Crippen molar-refractivity contribution in [3.05, 3.63) is 59.0 Å². The fourth-order valence-electron chi connectivity index (χ4n) is 0.906. The van der Waals surface area contributed by atoms with E-state index in [1.54, 1.807) is 12.4 Å². The average molecular weight is 552 g/mol. The molecule has 2 rings (SSSR count). The van der Waals surface area contributed by atoms with Crippen LogP contribution in [0.4, 0.5) is 0 Å². The van der Waals surface area contributed by atoms with Crippen molar-refractivity contribution in [1.82, 2.24) is 4.98 Å². The summed E-state index contributed by atoms with van der Waals surface area (Å²) < 4.78 is 5.20. The molecule has 0 aliphatic heterocycles. The van der Waals surface area contributed by atoms with Crippen molar-refractivity contribution < 1.29 is 0 Å². The van der Waals surface area contributed by atoms with E-state index in [-0.39, 0.29) is 0 Å². The normalized spacial score (nSPS) is 9.47. The molecule has 17 heavy (non-hydrogen) atoms. The second-order valence-corrected chi connectivity index (χ2v) is 7.49. The minimum absolute atomic E-state index is 0.992. The molecule has 1 nitrogen and oxygen atoms in total. The number of rotatable bonds is 0. The van der Waals surface area contributed by atoms with Crippen LogP contribution < -0.4 is 0 Å². The van der Waals surface area contributed by atoms with E-state index < -0.39 is 0 Å². The molecule has 0 spiro atoms. The quantitative estimate of drug-likeness (QED) is 0.361. The minimum atomic E-state index is 0.992. The summed E-state index contributed by atoms with van der Waals surface area (Å²) in [6, 6.07) is 7.91. The first kappa shape index (κ1) is 15.8. The van der Waals surface area contributed by atoms with Crippen molar-refractivity contribution in [2.75, 3.05) is 0 Å². The third-order valence-electron chi connectivity index (χ3n) is 1.50. The molecule has 0 bridgehead atoms. The van der Waals surface area contributed by atoms with E-state index in [0.717, 1.165) is 22.4 Å². The monoisotopic (exact) mass is 547 g/mol. The van der Waals surface area contributed by atoms with E-state index >= 15 is 0 Å². The van der Waals surface area contributed by atoms with E-state index in [1.165, 1.54) is 0 Å². The van der Waals surface area contributed by atoms with Gasteiger partial charge in [0.05, 0.1) is 0 Å². The van der Waals surface area contributed by atoms with E-state index in [0.29, 0.717) is 0 Å². The fourth-order valence-corrected chi connectivity index (χ4v) is 4.34. The zero-order valence-corrected chi connectivity index (χ0v) is 16.2. The summed E-state index contributed by atoms with van der Waals surface area (Å²) in [6.07, 6.45) is 3.48. The van der Waals surface area contributed by atoms with Crippen molar-refractivity contribution in [2.24, 2.45) is 0 Å². The number of pyridine rings is 1. The third-order valence-corrected chi connectivity index (χ3v) is 3.74. The van der Waals surface area contributed by atoms with Crippen LogP contribution in [-0.4, -0.2) is 4.98 Å². The summed E-state index contributed by atoms with van der Waals surface area (Å²) in [4.78, 5) is 3.89. The lowest BCUT2D eigenvalue weighted by atomic mass is 10.4. The summed E-state index contributed by atoms with van der Waals surface area (Å²) in [5.41, 5.74) is 0. The van der Waals surface area contributed by atoms with Gasteiger partial charge < -0.3 is 0 Å². The highest BCUT2D eigenvalue weighted by Crippen LogP contribution is 2.23. The fraction of sp³-hybridized carbons (Fsp3) is 0. The Kier molecular flexibility index (Phi) is 7.49. The number of hydrogen-bond donors (Lipinski definition) is 0. The van der Waals surface area contributed by atoms with E-state index in [1.807, 2.05) is 24.3 Å². The lowest BCUT2D eigenvalue weighted by Gasteiger charge is -1.92. The van der Waals surface area contributed by atoms with Gasteiger partial charge in [0.15, 0.2) is 0 Å². The lowest BCUT2D eigenvalue weighted by molar-refractivity contribution is 1.29. The Morgan fingerprint density at radius 1 is 0.529 bits per heavy atom. The van der Waals surface area contributed by atoms with Gasteiger partial charge in [-0.25, -0.2) is 0 Å². The second-order valence-electron chi connectivity index (χ2n) is 2.91. The lowest BCUT2D eigenvalue weighted by Crippen LogP contribution is -1.69. The zero-order chi connectivity index (χ0) is 12.8. The van der Waals surface area contributed by atoms with Crippen LogP contribution >= 0.6 is 79.6 Å². The average Bonchev–Trinajstić information content (AvgIpc) is 2.15.